The van der Waals surface area contributed by atoms with Gasteiger partial charge in [0.2, 0.25) is 0 Å². The Morgan fingerprint density at radius 3 is 2.95 bits per heavy atom. The second-order valence-electron chi connectivity index (χ2n) is 5.67. The molecule has 0 saturated heterocycles. The van der Waals surface area contributed by atoms with Gasteiger partial charge in [-0.2, -0.15) is 5.10 Å². The molecule has 2 unspecified atom stereocenters. The summed E-state index contributed by atoms with van der Waals surface area (Å²) in [6.45, 7) is 2.14. The smallest absolute Gasteiger partial charge is 0.0540 e. The van der Waals surface area contributed by atoms with Crippen LogP contribution in [0.2, 0.25) is 10.0 Å². The van der Waals surface area contributed by atoms with Crippen molar-refractivity contribution in [2.75, 3.05) is 0 Å². The van der Waals surface area contributed by atoms with Gasteiger partial charge in [0, 0.05) is 40.4 Å². The van der Waals surface area contributed by atoms with E-state index < -0.39 is 0 Å². The molecular formula is C16H19Cl2N3. The van der Waals surface area contributed by atoms with E-state index in [1.54, 1.807) is 6.07 Å². The molecule has 0 amide bonds. The molecule has 1 aliphatic rings. The molecule has 1 aromatic heterocycles. The van der Waals surface area contributed by atoms with Crippen molar-refractivity contribution in [1.29, 1.82) is 0 Å². The van der Waals surface area contributed by atoms with E-state index in [0.717, 1.165) is 18.4 Å². The normalized spacial score (nSPS) is 19.3. The van der Waals surface area contributed by atoms with Gasteiger partial charge in [-0.1, -0.05) is 29.3 Å². The second kappa shape index (κ2) is 5.99. The molecule has 0 aliphatic heterocycles. The number of aryl methyl sites for hydroxylation is 1. The van der Waals surface area contributed by atoms with Crippen LogP contribution in [0.1, 0.15) is 48.7 Å². The minimum absolute atomic E-state index is 0.172. The number of rotatable bonds is 3. The Labute approximate surface area is 135 Å². The van der Waals surface area contributed by atoms with Crippen LogP contribution in [0.5, 0.6) is 0 Å². The predicted molar refractivity (Wildman–Crippen MR) is 86.9 cm³/mol. The van der Waals surface area contributed by atoms with Crippen molar-refractivity contribution in [3.63, 3.8) is 0 Å². The lowest BCUT2D eigenvalue weighted by Gasteiger charge is -2.27. The highest BCUT2D eigenvalue weighted by Crippen LogP contribution is 2.33. The van der Waals surface area contributed by atoms with Crippen molar-refractivity contribution >= 4 is 23.2 Å². The molecule has 3 rings (SSSR count). The molecule has 0 bridgehead atoms. The number of hydrogen-bond donors (Lipinski definition) is 1. The van der Waals surface area contributed by atoms with E-state index >= 15 is 0 Å². The van der Waals surface area contributed by atoms with E-state index in [4.69, 9.17) is 23.2 Å². The highest BCUT2D eigenvalue weighted by atomic mass is 35.5. The summed E-state index contributed by atoms with van der Waals surface area (Å²) in [7, 11) is 2.01. The van der Waals surface area contributed by atoms with Gasteiger partial charge in [0.1, 0.15) is 0 Å². The topological polar surface area (TPSA) is 29.9 Å². The maximum atomic E-state index is 6.31. The summed E-state index contributed by atoms with van der Waals surface area (Å²) in [6.07, 6.45) is 5.42. The zero-order chi connectivity index (χ0) is 15.0. The molecule has 1 N–H and O–H groups in total. The fraction of sp³-hybridized carbons (Fsp3) is 0.438. The SMILES string of the molecule is CC(NC1CCCc2c1cnn2C)c1ccc(Cl)cc1Cl. The summed E-state index contributed by atoms with van der Waals surface area (Å²) in [5, 5.41) is 9.46. The lowest BCUT2D eigenvalue weighted by atomic mass is 9.92. The van der Waals surface area contributed by atoms with Crippen molar-refractivity contribution in [3.05, 3.63) is 51.3 Å². The average molecular weight is 324 g/mol. The minimum Gasteiger partial charge on any atom is -0.303 e. The van der Waals surface area contributed by atoms with Gasteiger partial charge in [0.05, 0.1) is 6.20 Å². The monoisotopic (exact) mass is 323 g/mol. The molecule has 112 valence electrons. The van der Waals surface area contributed by atoms with E-state index in [1.165, 1.54) is 17.7 Å². The van der Waals surface area contributed by atoms with Crippen molar-refractivity contribution in [2.24, 2.45) is 7.05 Å². The van der Waals surface area contributed by atoms with Crippen LogP contribution >= 0.6 is 23.2 Å². The quantitative estimate of drug-likeness (QED) is 0.904. The number of hydrogen-bond acceptors (Lipinski definition) is 2. The molecule has 2 aromatic rings. The summed E-state index contributed by atoms with van der Waals surface area (Å²) in [4.78, 5) is 0. The number of nitrogens with zero attached hydrogens (tertiary/aromatic N) is 2. The number of halogens is 2. The van der Waals surface area contributed by atoms with E-state index in [-0.39, 0.29) is 6.04 Å². The summed E-state index contributed by atoms with van der Waals surface area (Å²) >= 11 is 12.3. The summed E-state index contributed by atoms with van der Waals surface area (Å²) in [6, 6.07) is 6.19. The predicted octanol–water partition coefficient (Wildman–Crippen LogP) is 4.46. The zero-order valence-corrected chi connectivity index (χ0v) is 13.7. The third-order valence-electron chi connectivity index (χ3n) is 4.26. The number of nitrogens with one attached hydrogen (secondary N) is 1. The fourth-order valence-electron chi connectivity index (χ4n) is 3.12. The molecular weight excluding hydrogens is 305 g/mol. The molecule has 0 spiro atoms. The van der Waals surface area contributed by atoms with Crippen LogP contribution in [0.4, 0.5) is 0 Å². The number of benzene rings is 1. The molecule has 0 radical (unpaired) electrons. The Bertz CT molecular complexity index is 651. The Kier molecular flexibility index (Phi) is 4.25. The lowest BCUT2D eigenvalue weighted by Crippen LogP contribution is -2.28. The van der Waals surface area contributed by atoms with Gasteiger partial charge in [-0.3, -0.25) is 4.68 Å². The van der Waals surface area contributed by atoms with Crippen molar-refractivity contribution in [1.82, 2.24) is 15.1 Å². The lowest BCUT2D eigenvalue weighted by molar-refractivity contribution is 0.411. The van der Waals surface area contributed by atoms with Gasteiger partial charge in [-0.25, -0.2) is 0 Å². The Hall–Kier alpha value is -1.03. The minimum atomic E-state index is 0.172. The zero-order valence-electron chi connectivity index (χ0n) is 12.2. The van der Waals surface area contributed by atoms with Crippen LogP contribution in [-0.4, -0.2) is 9.78 Å². The first-order valence-corrected chi connectivity index (χ1v) is 8.03. The Morgan fingerprint density at radius 2 is 2.19 bits per heavy atom. The number of fused-ring (bicyclic) bond motifs is 1. The van der Waals surface area contributed by atoms with Gasteiger partial charge in [-0.15, -0.1) is 0 Å². The highest BCUT2D eigenvalue weighted by molar-refractivity contribution is 6.35. The van der Waals surface area contributed by atoms with Crippen LogP contribution in [-0.2, 0) is 13.5 Å². The van der Waals surface area contributed by atoms with Gasteiger partial charge in [0.25, 0.3) is 0 Å². The van der Waals surface area contributed by atoms with E-state index in [0.29, 0.717) is 16.1 Å². The Morgan fingerprint density at radius 1 is 1.38 bits per heavy atom. The van der Waals surface area contributed by atoms with Crippen molar-refractivity contribution < 1.29 is 0 Å². The van der Waals surface area contributed by atoms with E-state index in [1.807, 2.05) is 30.1 Å². The molecule has 1 aromatic carbocycles. The van der Waals surface area contributed by atoms with Gasteiger partial charge in [0.15, 0.2) is 0 Å². The third-order valence-corrected chi connectivity index (χ3v) is 4.82. The van der Waals surface area contributed by atoms with Gasteiger partial charge < -0.3 is 5.32 Å². The van der Waals surface area contributed by atoms with Crippen molar-refractivity contribution in [2.45, 2.75) is 38.3 Å². The first-order chi connectivity index (χ1) is 10.1. The largest absolute Gasteiger partial charge is 0.303 e. The van der Waals surface area contributed by atoms with E-state index in [2.05, 4.69) is 17.3 Å². The molecule has 0 fully saturated rings. The first-order valence-electron chi connectivity index (χ1n) is 7.28. The molecule has 0 saturated carbocycles. The summed E-state index contributed by atoms with van der Waals surface area (Å²) < 4.78 is 1.99. The third kappa shape index (κ3) is 2.96. The van der Waals surface area contributed by atoms with Crippen LogP contribution < -0.4 is 5.32 Å². The molecule has 3 nitrogen and oxygen atoms in total. The maximum absolute atomic E-state index is 6.31. The van der Waals surface area contributed by atoms with Crippen LogP contribution in [0, 0.1) is 0 Å². The second-order valence-corrected chi connectivity index (χ2v) is 6.51. The molecule has 1 aliphatic carbocycles. The molecule has 1 heterocycles. The molecule has 2 atom stereocenters. The molecule has 5 heteroatoms. The van der Waals surface area contributed by atoms with Gasteiger partial charge in [-0.05, 0) is 43.9 Å². The molecule has 21 heavy (non-hydrogen) atoms. The number of aromatic nitrogens is 2. The fourth-order valence-corrected chi connectivity index (χ4v) is 3.70. The van der Waals surface area contributed by atoms with E-state index in [9.17, 15) is 0 Å². The van der Waals surface area contributed by atoms with Crippen LogP contribution in [0.25, 0.3) is 0 Å². The highest BCUT2D eigenvalue weighted by Gasteiger charge is 2.25. The first kappa shape index (κ1) is 14.9. The summed E-state index contributed by atoms with van der Waals surface area (Å²) in [5.41, 5.74) is 3.74. The van der Waals surface area contributed by atoms with Crippen LogP contribution in [0.15, 0.2) is 24.4 Å². The average Bonchev–Trinajstić information content (AvgIpc) is 2.81. The maximum Gasteiger partial charge on any atom is 0.0540 e. The Balaban J connectivity index is 1.81. The van der Waals surface area contributed by atoms with Crippen molar-refractivity contribution in [3.8, 4) is 0 Å². The van der Waals surface area contributed by atoms with Gasteiger partial charge >= 0.3 is 0 Å². The standard InChI is InChI=1S/C16H19Cl2N3/c1-10(12-7-6-11(17)8-14(12)18)20-15-4-3-5-16-13(15)9-19-21(16)2/h6-10,15,20H,3-5H2,1-2H3. The van der Waals surface area contributed by atoms with Crippen LogP contribution in [0.3, 0.4) is 0 Å². The summed E-state index contributed by atoms with van der Waals surface area (Å²) in [5.74, 6) is 0.